The molecule has 0 heterocycles. The highest BCUT2D eigenvalue weighted by Crippen LogP contribution is 2.25. The van der Waals surface area contributed by atoms with Crippen molar-refractivity contribution in [1.29, 1.82) is 0 Å². The summed E-state index contributed by atoms with van der Waals surface area (Å²) in [7, 11) is 0. The van der Waals surface area contributed by atoms with Crippen molar-refractivity contribution in [3.8, 4) is 12.3 Å². The highest BCUT2D eigenvalue weighted by atomic mass is 35.5. The molecule has 2 unspecified atom stereocenters. The summed E-state index contributed by atoms with van der Waals surface area (Å²) < 4.78 is 0. The summed E-state index contributed by atoms with van der Waals surface area (Å²) in [6.45, 7) is 2.11. The maximum Gasteiger partial charge on any atom is 0.0686 e. The first-order valence-electron chi connectivity index (χ1n) is 5.72. The molecule has 16 heavy (non-hydrogen) atoms. The highest BCUT2D eigenvalue weighted by molar-refractivity contribution is 6.30. The fourth-order valence-electron chi connectivity index (χ4n) is 2.27. The molecule has 0 fully saturated rings. The van der Waals surface area contributed by atoms with E-state index in [1.807, 2.05) is 6.07 Å². The van der Waals surface area contributed by atoms with Crippen LogP contribution < -0.4 is 5.32 Å². The molecule has 1 aromatic rings. The van der Waals surface area contributed by atoms with Crippen molar-refractivity contribution in [2.24, 2.45) is 0 Å². The van der Waals surface area contributed by atoms with Gasteiger partial charge in [-0.3, -0.25) is 0 Å². The summed E-state index contributed by atoms with van der Waals surface area (Å²) in [6, 6.07) is 6.80. The summed E-state index contributed by atoms with van der Waals surface area (Å²) in [5, 5.41) is 4.33. The molecule has 1 N–H and O–H groups in total. The zero-order valence-corrected chi connectivity index (χ0v) is 10.2. The van der Waals surface area contributed by atoms with Crippen molar-refractivity contribution >= 4 is 11.6 Å². The van der Waals surface area contributed by atoms with Crippen LogP contribution >= 0.6 is 11.6 Å². The average molecular weight is 234 g/mol. The zero-order valence-electron chi connectivity index (χ0n) is 9.46. The SMILES string of the molecule is C#CC(CC)NC1Cc2ccc(Cl)cc2C1. The maximum absolute atomic E-state index is 5.98. The van der Waals surface area contributed by atoms with E-state index in [1.165, 1.54) is 11.1 Å². The second-order valence-electron chi connectivity index (χ2n) is 4.31. The van der Waals surface area contributed by atoms with Crippen LogP contribution in [-0.4, -0.2) is 12.1 Å². The lowest BCUT2D eigenvalue weighted by atomic mass is 10.1. The second-order valence-corrected chi connectivity index (χ2v) is 4.75. The molecule has 2 atom stereocenters. The Hall–Kier alpha value is -0.970. The van der Waals surface area contributed by atoms with Crippen LogP contribution in [-0.2, 0) is 12.8 Å². The first kappa shape index (κ1) is 11.5. The van der Waals surface area contributed by atoms with Gasteiger partial charge in [0.1, 0.15) is 0 Å². The Kier molecular flexibility index (Phi) is 3.53. The summed E-state index contributed by atoms with van der Waals surface area (Å²) >= 11 is 5.98. The third kappa shape index (κ3) is 2.40. The fourth-order valence-corrected chi connectivity index (χ4v) is 2.47. The molecule has 0 spiro atoms. The third-order valence-electron chi connectivity index (χ3n) is 3.15. The lowest BCUT2D eigenvalue weighted by molar-refractivity contribution is 0.483. The Labute approximate surface area is 102 Å². The Balaban J connectivity index is 2.03. The van der Waals surface area contributed by atoms with Gasteiger partial charge in [-0.2, -0.15) is 0 Å². The van der Waals surface area contributed by atoms with Crippen LogP contribution in [0.3, 0.4) is 0 Å². The zero-order chi connectivity index (χ0) is 11.5. The molecule has 0 saturated carbocycles. The van der Waals surface area contributed by atoms with Gasteiger partial charge in [0, 0.05) is 11.1 Å². The van der Waals surface area contributed by atoms with E-state index in [4.69, 9.17) is 18.0 Å². The van der Waals surface area contributed by atoms with Crippen molar-refractivity contribution in [2.75, 3.05) is 0 Å². The van der Waals surface area contributed by atoms with Gasteiger partial charge in [0.25, 0.3) is 0 Å². The van der Waals surface area contributed by atoms with Crippen LogP contribution in [0.1, 0.15) is 24.5 Å². The van der Waals surface area contributed by atoms with E-state index in [9.17, 15) is 0 Å². The van der Waals surface area contributed by atoms with Gasteiger partial charge in [-0.25, -0.2) is 0 Å². The van der Waals surface area contributed by atoms with Crippen molar-refractivity contribution in [1.82, 2.24) is 5.32 Å². The lowest BCUT2D eigenvalue weighted by Crippen LogP contribution is -2.37. The van der Waals surface area contributed by atoms with Crippen LogP contribution in [0.5, 0.6) is 0 Å². The molecule has 0 aliphatic heterocycles. The van der Waals surface area contributed by atoms with E-state index in [-0.39, 0.29) is 6.04 Å². The van der Waals surface area contributed by atoms with Gasteiger partial charge in [0.15, 0.2) is 0 Å². The molecule has 0 bridgehead atoms. The molecule has 0 saturated heterocycles. The summed E-state index contributed by atoms with van der Waals surface area (Å²) in [6.07, 6.45) is 8.53. The molecule has 1 aromatic carbocycles. The number of fused-ring (bicyclic) bond motifs is 1. The van der Waals surface area contributed by atoms with E-state index in [0.29, 0.717) is 6.04 Å². The molecule has 0 aromatic heterocycles. The Morgan fingerprint density at radius 1 is 1.50 bits per heavy atom. The number of hydrogen-bond acceptors (Lipinski definition) is 1. The highest BCUT2D eigenvalue weighted by Gasteiger charge is 2.22. The van der Waals surface area contributed by atoms with Gasteiger partial charge in [-0.1, -0.05) is 30.5 Å². The van der Waals surface area contributed by atoms with Gasteiger partial charge in [0.05, 0.1) is 6.04 Å². The van der Waals surface area contributed by atoms with Crippen molar-refractivity contribution in [2.45, 2.75) is 38.3 Å². The minimum Gasteiger partial charge on any atom is -0.300 e. The molecule has 1 aliphatic carbocycles. The monoisotopic (exact) mass is 233 g/mol. The van der Waals surface area contributed by atoms with Crippen molar-refractivity contribution in [3.63, 3.8) is 0 Å². The number of terminal acetylenes is 1. The van der Waals surface area contributed by atoms with Crippen LogP contribution in [0.2, 0.25) is 5.02 Å². The minimum absolute atomic E-state index is 0.190. The Morgan fingerprint density at radius 3 is 2.94 bits per heavy atom. The predicted molar refractivity (Wildman–Crippen MR) is 68.7 cm³/mol. The number of hydrogen-bond donors (Lipinski definition) is 1. The number of nitrogens with one attached hydrogen (secondary N) is 1. The molecule has 1 nitrogen and oxygen atoms in total. The Morgan fingerprint density at radius 2 is 2.25 bits per heavy atom. The van der Waals surface area contributed by atoms with Crippen molar-refractivity contribution in [3.05, 3.63) is 34.3 Å². The largest absolute Gasteiger partial charge is 0.300 e. The summed E-state index contributed by atoms with van der Waals surface area (Å²) in [5.41, 5.74) is 2.76. The van der Waals surface area contributed by atoms with E-state index in [1.54, 1.807) is 0 Å². The topological polar surface area (TPSA) is 12.0 Å². The molecule has 0 radical (unpaired) electrons. The molecular weight excluding hydrogens is 218 g/mol. The number of halogens is 1. The minimum atomic E-state index is 0.190. The Bertz CT molecular complexity index is 419. The van der Waals surface area contributed by atoms with E-state index in [0.717, 1.165) is 24.3 Å². The van der Waals surface area contributed by atoms with E-state index >= 15 is 0 Å². The average Bonchev–Trinajstić information content (AvgIpc) is 2.67. The quantitative estimate of drug-likeness (QED) is 0.792. The van der Waals surface area contributed by atoms with Gasteiger partial charge >= 0.3 is 0 Å². The third-order valence-corrected chi connectivity index (χ3v) is 3.38. The molecule has 2 rings (SSSR count). The second kappa shape index (κ2) is 4.91. The molecular formula is C14H16ClN. The molecule has 2 heteroatoms. The predicted octanol–water partition coefficient (Wildman–Crippen LogP) is 2.81. The standard InChI is InChI=1S/C14H16ClN/c1-3-13(4-2)16-14-8-10-5-6-12(15)7-11(10)9-14/h1,5-7,13-14,16H,4,8-9H2,2H3. The van der Waals surface area contributed by atoms with Crippen molar-refractivity contribution < 1.29 is 0 Å². The summed E-state index contributed by atoms with van der Waals surface area (Å²) in [5.74, 6) is 2.78. The van der Waals surface area contributed by atoms with Crippen LogP contribution in [0, 0.1) is 12.3 Å². The molecule has 84 valence electrons. The summed E-state index contributed by atoms with van der Waals surface area (Å²) in [4.78, 5) is 0. The van der Waals surface area contributed by atoms with Crippen LogP contribution in [0.4, 0.5) is 0 Å². The van der Waals surface area contributed by atoms with Gasteiger partial charge < -0.3 is 5.32 Å². The van der Waals surface area contributed by atoms with E-state index < -0.39 is 0 Å². The first-order chi connectivity index (χ1) is 7.72. The first-order valence-corrected chi connectivity index (χ1v) is 6.10. The smallest absolute Gasteiger partial charge is 0.0686 e. The lowest BCUT2D eigenvalue weighted by Gasteiger charge is -2.16. The van der Waals surface area contributed by atoms with Gasteiger partial charge in [-0.05, 0) is 42.5 Å². The van der Waals surface area contributed by atoms with Crippen LogP contribution in [0.15, 0.2) is 18.2 Å². The van der Waals surface area contributed by atoms with Gasteiger partial charge in [0.2, 0.25) is 0 Å². The van der Waals surface area contributed by atoms with Gasteiger partial charge in [-0.15, -0.1) is 6.42 Å². The number of rotatable bonds is 3. The van der Waals surface area contributed by atoms with E-state index in [2.05, 4.69) is 30.3 Å². The number of benzene rings is 1. The molecule has 1 aliphatic rings. The fraction of sp³-hybridized carbons (Fsp3) is 0.429. The molecule has 0 amide bonds. The maximum atomic E-state index is 5.98. The normalized spacial score (nSPS) is 20.2. The van der Waals surface area contributed by atoms with Crippen LogP contribution in [0.25, 0.3) is 0 Å².